The van der Waals surface area contributed by atoms with Crippen molar-refractivity contribution in [1.29, 1.82) is 0 Å². The molecule has 0 bridgehead atoms. The summed E-state index contributed by atoms with van der Waals surface area (Å²) in [5.74, 6) is 0. The Morgan fingerprint density at radius 3 is 3.11 bits per heavy atom. The molecule has 1 nitrogen and oxygen atoms in total. The summed E-state index contributed by atoms with van der Waals surface area (Å²) < 4.78 is 0. The SMILES string of the molecule is O=CC1=CC=CCC=C1. The molecule has 0 spiro atoms. The van der Waals surface area contributed by atoms with Crippen molar-refractivity contribution in [3.05, 3.63) is 36.0 Å². The summed E-state index contributed by atoms with van der Waals surface area (Å²) in [5.41, 5.74) is 0.740. The fourth-order valence-corrected chi connectivity index (χ4v) is 0.675. The molecule has 9 heavy (non-hydrogen) atoms. The summed E-state index contributed by atoms with van der Waals surface area (Å²) >= 11 is 0. The zero-order chi connectivity index (χ0) is 6.53. The Balaban J connectivity index is 2.78. The number of carbonyl (C=O) groups is 1. The van der Waals surface area contributed by atoms with Gasteiger partial charge in [0.25, 0.3) is 0 Å². The summed E-state index contributed by atoms with van der Waals surface area (Å²) in [6, 6.07) is 0. The maximum atomic E-state index is 10.2. The van der Waals surface area contributed by atoms with Gasteiger partial charge in [-0.25, -0.2) is 0 Å². The quantitative estimate of drug-likeness (QED) is 0.480. The largest absolute Gasteiger partial charge is 0.298 e. The fraction of sp³-hybridized carbons (Fsp3) is 0.125. The van der Waals surface area contributed by atoms with E-state index in [2.05, 4.69) is 0 Å². The number of hydrogen-bond donors (Lipinski definition) is 0. The Labute approximate surface area is 54.4 Å². The van der Waals surface area contributed by atoms with Crippen LogP contribution >= 0.6 is 0 Å². The van der Waals surface area contributed by atoms with Gasteiger partial charge in [-0.15, -0.1) is 0 Å². The molecular formula is C8H8O. The highest BCUT2D eigenvalue weighted by Crippen LogP contribution is 2.00. The van der Waals surface area contributed by atoms with Gasteiger partial charge < -0.3 is 0 Å². The highest BCUT2D eigenvalue weighted by molar-refractivity contribution is 5.78. The minimum atomic E-state index is 0.740. The second kappa shape index (κ2) is 3.02. The summed E-state index contributed by atoms with van der Waals surface area (Å²) in [4.78, 5) is 10.2. The van der Waals surface area contributed by atoms with E-state index in [-0.39, 0.29) is 0 Å². The molecule has 0 atom stereocenters. The lowest BCUT2D eigenvalue weighted by Crippen LogP contribution is -1.74. The molecule has 0 saturated heterocycles. The van der Waals surface area contributed by atoms with Crippen LogP contribution in [0.2, 0.25) is 0 Å². The van der Waals surface area contributed by atoms with Crippen LogP contribution in [0.4, 0.5) is 0 Å². The smallest absolute Gasteiger partial charge is 0.150 e. The first-order valence-electron chi connectivity index (χ1n) is 2.92. The van der Waals surface area contributed by atoms with Crippen molar-refractivity contribution in [2.45, 2.75) is 6.42 Å². The zero-order valence-corrected chi connectivity index (χ0v) is 5.08. The van der Waals surface area contributed by atoms with Crippen molar-refractivity contribution in [2.75, 3.05) is 0 Å². The van der Waals surface area contributed by atoms with Crippen molar-refractivity contribution in [3.63, 3.8) is 0 Å². The fourth-order valence-electron chi connectivity index (χ4n) is 0.675. The van der Waals surface area contributed by atoms with Gasteiger partial charge in [0.05, 0.1) is 0 Å². The molecule has 0 saturated carbocycles. The minimum Gasteiger partial charge on any atom is -0.298 e. The summed E-state index contributed by atoms with van der Waals surface area (Å²) in [6.45, 7) is 0. The maximum absolute atomic E-state index is 10.2. The number of allylic oxidation sites excluding steroid dienone is 6. The average molecular weight is 120 g/mol. The molecule has 1 aliphatic rings. The Kier molecular flexibility index (Phi) is 2.02. The van der Waals surface area contributed by atoms with Crippen LogP contribution in [0, 0.1) is 0 Å². The first-order valence-corrected chi connectivity index (χ1v) is 2.92. The van der Waals surface area contributed by atoms with Gasteiger partial charge in [0, 0.05) is 5.57 Å². The van der Waals surface area contributed by atoms with E-state index >= 15 is 0 Å². The van der Waals surface area contributed by atoms with Crippen molar-refractivity contribution in [2.24, 2.45) is 0 Å². The van der Waals surface area contributed by atoms with Crippen molar-refractivity contribution in [1.82, 2.24) is 0 Å². The van der Waals surface area contributed by atoms with Gasteiger partial charge in [-0.05, 0) is 6.42 Å². The molecule has 0 amide bonds. The third kappa shape index (κ3) is 1.68. The second-order valence-corrected chi connectivity index (χ2v) is 1.85. The Morgan fingerprint density at radius 2 is 2.33 bits per heavy atom. The molecule has 0 radical (unpaired) electrons. The monoisotopic (exact) mass is 120 g/mol. The lowest BCUT2D eigenvalue weighted by Gasteiger charge is -1.80. The molecule has 1 aliphatic carbocycles. The molecule has 0 heterocycles. The molecule has 0 N–H and O–H groups in total. The summed E-state index contributed by atoms with van der Waals surface area (Å²) in [5, 5.41) is 0. The van der Waals surface area contributed by atoms with Gasteiger partial charge in [0.15, 0.2) is 0 Å². The second-order valence-electron chi connectivity index (χ2n) is 1.85. The van der Waals surface area contributed by atoms with E-state index < -0.39 is 0 Å². The number of rotatable bonds is 1. The van der Waals surface area contributed by atoms with Crippen LogP contribution in [0.5, 0.6) is 0 Å². The van der Waals surface area contributed by atoms with Crippen LogP contribution < -0.4 is 0 Å². The van der Waals surface area contributed by atoms with E-state index in [0.717, 1.165) is 18.3 Å². The first kappa shape index (κ1) is 6.02. The van der Waals surface area contributed by atoms with E-state index in [1.165, 1.54) is 0 Å². The zero-order valence-electron chi connectivity index (χ0n) is 5.08. The minimum absolute atomic E-state index is 0.740. The molecule has 1 heteroatoms. The third-order valence-electron chi connectivity index (χ3n) is 1.14. The molecule has 0 fully saturated rings. The number of carbonyl (C=O) groups excluding carboxylic acids is 1. The van der Waals surface area contributed by atoms with Gasteiger partial charge in [0.2, 0.25) is 0 Å². The molecule has 0 aliphatic heterocycles. The van der Waals surface area contributed by atoms with Crippen molar-refractivity contribution in [3.8, 4) is 0 Å². The topological polar surface area (TPSA) is 17.1 Å². The van der Waals surface area contributed by atoms with Crippen molar-refractivity contribution >= 4 is 6.29 Å². The van der Waals surface area contributed by atoms with E-state index in [4.69, 9.17) is 0 Å². The number of aldehydes is 1. The van der Waals surface area contributed by atoms with Crippen LogP contribution in [0.25, 0.3) is 0 Å². The lowest BCUT2D eigenvalue weighted by atomic mass is 10.3. The Bertz CT molecular complexity index is 185. The van der Waals surface area contributed by atoms with Crippen molar-refractivity contribution < 1.29 is 4.79 Å². The molecule has 46 valence electrons. The van der Waals surface area contributed by atoms with Gasteiger partial charge in [-0.2, -0.15) is 0 Å². The van der Waals surface area contributed by atoms with Crippen LogP contribution in [0.1, 0.15) is 6.42 Å². The Hall–Kier alpha value is -1.11. The molecule has 0 aromatic heterocycles. The van der Waals surface area contributed by atoms with Crippen LogP contribution in [-0.4, -0.2) is 6.29 Å². The third-order valence-corrected chi connectivity index (χ3v) is 1.14. The molecule has 0 aromatic carbocycles. The van der Waals surface area contributed by atoms with Gasteiger partial charge in [-0.1, -0.05) is 30.4 Å². The van der Waals surface area contributed by atoms with E-state index in [1.54, 1.807) is 6.08 Å². The standard InChI is InChI=1S/C8H8O/c9-7-8-5-3-1-2-4-6-8/h1,3-7H,2H2. The normalized spacial score (nSPS) is 16.7. The maximum Gasteiger partial charge on any atom is 0.150 e. The predicted octanol–water partition coefficient (Wildman–Crippen LogP) is 1.63. The van der Waals surface area contributed by atoms with Crippen LogP contribution in [0.15, 0.2) is 36.0 Å². The van der Waals surface area contributed by atoms with Crippen LogP contribution in [0.3, 0.4) is 0 Å². The van der Waals surface area contributed by atoms with Gasteiger partial charge in [0.1, 0.15) is 6.29 Å². The lowest BCUT2D eigenvalue weighted by molar-refractivity contribution is -0.104. The highest BCUT2D eigenvalue weighted by Gasteiger charge is 1.86. The van der Waals surface area contributed by atoms with Gasteiger partial charge in [-0.3, -0.25) is 4.79 Å². The number of hydrogen-bond acceptors (Lipinski definition) is 1. The van der Waals surface area contributed by atoms with E-state index in [9.17, 15) is 4.79 Å². The summed E-state index contributed by atoms with van der Waals surface area (Å²) in [7, 11) is 0. The highest BCUT2D eigenvalue weighted by atomic mass is 16.1. The van der Waals surface area contributed by atoms with Gasteiger partial charge >= 0.3 is 0 Å². The molecule has 0 aromatic rings. The Morgan fingerprint density at radius 1 is 1.44 bits per heavy atom. The first-order chi connectivity index (χ1) is 4.43. The molecule has 1 rings (SSSR count). The summed E-state index contributed by atoms with van der Waals surface area (Å²) in [6.07, 6.45) is 11.3. The predicted molar refractivity (Wildman–Crippen MR) is 37.0 cm³/mol. The molecular weight excluding hydrogens is 112 g/mol. The van der Waals surface area contributed by atoms with Crippen LogP contribution in [-0.2, 0) is 4.79 Å². The molecule has 0 unspecified atom stereocenters. The average Bonchev–Trinajstić information content (AvgIpc) is 2.13. The van der Waals surface area contributed by atoms with E-state index in [0.29, 0.717) is 0 Å². The van der Waals surface area contributed by atoms with E-state index in [1.807, 2.05) is 24.3 Å².